The molecule has 0 amide bonds. The molecule has 0 saturated carbocycles. The molecular formula is C21H20N2O. The van der Waals surface area contributed by atoms with Gasteiger partial charge in [-0.25, -0.2) is 9.98 Å². The quantitative estimate of drug-likeness (QED) is 0.543. The molecule has 0 saturated heterocycles. The molecule has 3 nitrogen and oxygen atoms in total. The predicted molar refractivity (Wildman–Crippen MR) is 101 cm³/mol. The minimum absolute atomic E-state index is 0.420. The van der Waals surface area contributed by atoms with Crippen LogP contribution in [-0.4, -0.2) is 19.5 Å². The van der Waals surface area contributed by atoms with Gasteiger partial charge in [-0.3, -0.25) is 0 Å². The van der Waals surface area contributed by atoms with Gasteiger partial charge < -0.3 is 4.74 Å². The number of benzene rings is 3. The van der Waals surface area contributed by atoms with E-state index in [0.717, 1.165) is 0 Å². The van der Waals surface area contributed by atoms with Gasteiger partial charge in [-0.2, -0.15) is 0 Å². The number of nitrogens with zero attached hydrogens (tertiary/aromatic N) is 2. The van der Waals surface area contributed by atoms with Crippen molar-refractivity contribution in [1.82, 2.24) is 0 Å². The largest absolute Gasteiger partial charge is 0.461 e. The van der Waals surface area contributed by atoms with E-state index in [1.807, 2.05) is 0 Å². The van der Waals surface area contributed by atoms with Crippen molar-refractivity contribution >= 4 is 34.3 Å². The van der Waals surface area contributed by atoms with Crippen molar-refractivity contribution < 1.29 is 4.74 Å². The van der Waals surface area contributed by atoms with E-state index in [2.05, 4.69) is 63.3 Å². The van der Waals surface area contributed by atoms with Crippen molar-refractivity contribution in [2.45, 2.75) is 25.7 Å². The van der Waals surface area contributed by atoms with Gasteiger partial charge in [0.1, 0.15) is 6.34 Å². The zero-order valence-corrected chi connectivity index (χ0v) is 13.6. The third-order valence-corrected chi connectivity index (χ3v) is 4.69. The summed E-state index contributed by atoms with van der Waals surface area (Å²) in [5.74, 6) is 0. The van der Waals surface area contributed by atoms with Gasteiger partial charge in [0.25, 0.3) is 0 Å². The van der Waals surface area contributed by atoms with E-state index in [-0.39, 0.29) is 0 Å². The zero-order chi connectivity index (χ0) is 16.2. The van der Waals surface area contributed by atoms with E-state index in [1.165, 1.54) is 60.0 Å². The van der Waals surface area contributed by atoms with Crippen LogP contribution in [0, 0.1) is 0 Å². The summed E-state index contributed by atoms with van der Waals surface area (Å²) in [6.07, 6.45) is 8.05. The van der Waals surface area contributed by atoms with Crippen LogP contribution in [0.5, 0.6) is 0 Å². The highest BCUT2D eigenvalue weighted by Crippen LogP contribution is 2.33. The third-order valence-electron chi connectivity index (χ3n) is 4.69. The molecule has 0 radical (unpaired) electrons. The summed E-state index contributed by atoms with van der Waals surface area (Å²) < 4.78 is 4.58. The second kappa shape index (κ2) is 6.83. The molecule has 3 heteroatoms. The Morgan fingerprint density at radius 1 is 0.792 bits per heavy atom. The predicted octanol–water partition coefficient (Wildman–Crippen LogP) is 4.90. The monoisotopic (exact) mass is 316 g/mol. The van der Waals surface area contributed by atoms with E-state index in [4.69, 9.17) is 0 Å². The molecule has 0 unspecified atom stereocenters. The minimum Gasteiger partial charge on any atom is -0.461 e. The zero-order valence-electron chi connectivity index (χ0n) is 13.6. The lowest BCUT2D eigenvalue weighted by Crippen LogP contribution is -2.02. The fourth-order valence-electron chi connectivity index (χ4n) is 3.57. The van der Waals surface area contributed by atoms with Gasteiger partial charge in [-0.05, 0) is 58.4 Å². The molecule has 3 aromatic rings. The molecule has 1 aliphatic heterocycles. The molecule has 0 fully saturated rings. The molecule has 0 atom stereocenters. The topological polar surface area (TPSA) is 34.0 Å². The van der Waals surface area contributed by atoms with Crippen LogP contribution in [0.3, 0.4) is 0 Å². The highest BCUT2D eigenvalue weighted by Gasteiger charge is 2.13. The molecule has 0 N–H and O–H groups in total. The highest BCUT2D eigenvalue weighted by molar-refractivity contribution is 6.08. The van der Waals surface area contributed by atoms with Crippen molar-refractivity contribution in [3.63, 3.8) is 0 Å². The second-order valence-corrected chi connectivity index (χ2v) is 6.14. The van der Waals surface area contributed by atoms with Crippen LogP contribution in [0.25, 0.3) is 21.5 Å². The Hall–Kier alpha value is -2.68. The first-order valence-corrected chi connectivity index (χ1v) is 8.47. The van der Waals surface area contributed by atoms with E-state index in [0.29, 0.717) is 6.73 Å². The van der Waals surface area contributed by atoms with Crippen LogP contribution in [0.4, 0.5) is 0 Å². The SMILES string of the molecule is C1=NC=NCO1.c1ccc2c(c1)ccc1c3c(ccc12)CCCC3. The fourth-order valence-corrected chi connectivity index (χ4v) is 3.57. The first-order chi connectivity index (χ1) is 11.9. The van der Waals surface area contributed by atoms with Gasteiger partial charge in [0.15, 0.2) is 13.1 Å². The van der Waals surface area contributed by atoms with E-state index in [1.54, 1.807) is 11.1 Å². The van der Waals surface area contributed by atoms with Gasteiger partial charge in [-0.1, -0.05) is 48.5 Å². The Morgan fingerprint density at radius 3 is 2.46 bits per heavy atom. The molecule has 1 aliphatic carbocycles. The molecule has 24 heavy (non-hydrogen) atoms. The van der Waals surface area contributed by atoms with Gasteiger partial charge in [0.2, 0.25) is 0 Å². The second-order valence-electron chi connectivity index (χ2n) is 6.14. The number of hydrogen-bond donors (Lipinski definition) is 0. The first kappa shape index (κ1) is 14.9. The molecular weight excluding hydrogens is 296 g/mol. The minimum atomic E-state index is 0.420. The molecule has 3 aromatic carbocycles. The average molecular weight is 316 g/mol. The Morgan fingerprint density at radius 2 is 1.67 bits per heavy atom. The van der Waals surface area contributed by atoms with Crippen molar-refractivity contribution in [1.29, 1.82) is 0 Å². The lowest BCUT2D eigenvalue weighted by Gasteiger charge is -2.18. The maximum atomic E-state index is 4.58. The van der Waals surface area contributed by atoms with Gasteiger partial charge in [0, 0.05) is 0 Å². The lowest BCUT2D eigenvalue weighted by atomic mass is 9.86. The molecule has 0 spiro atoms. The van der Waals surface area contributed by atoms with E-state index >= 15 is 0 Å². The molecule has 1 heterocycles. The number of ether oxygens (including phenoxy) is 1. The number of fused-ring (bicyclic) bond motifs is 5. The van der Waals surface area contributed by atoms with Gasteiger partial charge >= 0.3 is 0 Å². The molecule has 0 bridgehead atoms. The van der Waals surface area contributed by atoms with Gasteiger partial charge in [-0.15, -0.1) is 0 Å². The molecule has 0 aromatic heterocycles. The van der Waals surface area contributed by atoms with Crippen LogP contribution in [0.2, 0.25) is 0 Å². The molecule has 120 valence electrons. The Labute approximate surface area is 141 Å². The Balaban J connectivity index is 0.000000207. The summed E-state index contributed by atoms with van der Waals surface area (Å²) in [4.78, 5) is 7.17. The van der Waals surface area contributed by atoms with Crippen LogP contribution in [-0.2, 0) is 17.6 Å². The van der Waals surface area contributed by atoms with E-state index < -0.39 is 0 Å². The fraction of sp³-hybridized carbons (Fsp3) is 0.238. The van der Waals surface area contributed by atoms with Gasteiger partial charge in [0.05, 0.1) is 0 Å². The van der Waals surface area contributed by atoms with Crippen molar-refractivity contribution in [3.8, 4) is 0 Å². The lowest BCUT2D eigenvalue weighted by molar-refractivity contribution is 0.331. The van der Waals surface area contributed by atoms with Crippen molar-refractivity contribution in [3.05, 3.63) is 59.7 Å². The van der Waals surface area contributed by atoms with Crippen LogP contribution in [0.15, 0.2) is 58.5 Å². The van der Waals surface area contributed by atoms with Crippen LogP contribution in [0.1, 0.15) is 24.0 Å². The normalized spacial score (nSPS) is 15.5. The van der Waals surface area contributed by atoms with Crippen molar-refractivity contribution in [2.24, 2.45) is 9.98 Å². The first-order valence-electron chi connectivity index (χ1n) is 8.47. The number of rotatable bonds is 0. The summed E-state index contributed by atoms with van der Waals surface area (Å²) >= 11 is 0. The maximum absolute atomic E-state index is 4.58. The molecule has 2 aliphatic rings. The number of hydrogen-bond acceptors (Lipinski definition) is 3. The Kier molecular flexibility index (Phi) is 4.24. The summed E-state index contributed by atoms with van der Waals surface area (Å²) in [5, 5.41) is 5.64. The smallest absolute Gasteiger partial charge is 0.182 e. The summed E-state index contributed by atoms with van der Waals surface area (Å²) in [6.45, 7) is 0.420. The number of aliphatic imine (C=N–C) groups is 2. The Bertz CT molecular complexity index is 916. The van der Waals surface area contributed by atoms with E-state index in [9.17, 15) is 0 Å². The standard InChI is InChI=1S/C18H16.C3H4N2O/c1-3-7-15-13(5-1)9-11-18-16-8-4-2-6-14(16)10-12-17(15)18;1-4-2-6-3-5-1/h1,3,5,7,9-12H,2,4,6,8H2;1-2H,3H2. The van der Waals surface area contributed by atoms with Crippen molar-refractivity contribution in [2.75, 3.05) is 6.73 Å². The maximum Gasteiger partial charge on any atom is 0.182 e. The number of aryl methyl sites for hydroxylation is 2. The third kappa shape index (κ3) is 2.90. The van der Waals surface area contributed by atoms with Crippen LogP contribution < -0.4 is 0 Å². The summed E-state index contributed by atoms with van der Waals surface area (Å²) in [7, 11) is 0. The molecule has 5 rings (SSSR count). The summed E-state index contributed by atoms with van der Waals surface area (Å²) in [5.41, 5.74) is 3.17. The highest BCUT2D eigenvalue weighted by atomic mass is 16.5. The average Bonchev–Trinajstić information content (AvgIpc) is 2.69. The van der Waals surface area contributed by atoms with Crippen LogP contribution >= 0.6 is 0 Å². The summed E-state index contributed by atoms with van der Waals surface area (Å²) in [6, 6.07) is 18.0.